The van der Waals surface area contributed by atoms with Gasteiger partial charge in [-0.3, -0.25) is 4.79 Å². The van der Waals surface area contributed by atoms with Crippen molar-refractivity contribution in [3.63, 3.8) is 0 Å². The van der Waals surface area contributed by atoms with Gasteiger partial charge in [0.05, 0.1) is 17.9 Å². The lowest BCUT2D eigenvalue weighted by Gasteiger charge is -2.21. The zero-order valence-electron chi connectivity index (χ0n) is 11.4. The summed E-state index contributed by atoms with van der Waals surface area (Å²) in [4.78, 5) is 11.9. The molecule has 2 rings (SSSR count). The van der Waals surface area contributed by atoms with E-state index >= 15 is 0 Å². The molecule has 0 aromatic heterocycles. The minimum atomic E-state index is 0.00904. The Morgan fingerprint density at radius 1 is 1.50 bits per heavy atom. The predicted molar refractivity (Wildman–Crippen MR) is 85.0 cm³/mol. The van der Waals surface area contributed by atoms with Crippen LogP contribution in [0.15, 0.2) is 18.2 Å². The van der Waals surface area contributed by atoms with Crippen LogP contribution < -0.4 is 15.4 Å². The number of ether oxygens (including phenoxy) is 1. The smallest absolute Gasteiger partial charge is 0.234 e. The number of benzene rings is 1. The van der Waals surface area contributed by atoms with Gasteiger partial charge in [-0.1, -0.05) is 11.6 Å². The summed E-state index contributed by atoms with van der Waals surface area (Å²) in [7, 11) is 1.56. The van der Waals surface area contributed by atoms with Crippen molar-refractivity contribution in [1.29, 1.82) is 0 Å². The molecule has 0 saturated carbocycles. The molecule has 1 aromatic carbocycles. The van der Waals surface area contributed by atoms with E-state index in [0.717, 1.165) is 25.9 Å². The number of hydrogen-bond acceptors (Lipinski definition) is 4. The lowest BCUT2D eigenvalue weighted by atomic mass is 10.2. The maximum Gasteiger partial charge on any atom is 0.234 e. The lowest BCUT2D eigenvalue weighted by molar-refractivity contribution is -0.113. The number of carbonyl (C=O) groups is 1. The number of rotatable bonds is 5. The Morgan fingerprint density at radius 2 is 2.25 bits per heavy atom. The van der Waals surface area contributed by atoms with Gasteiger partial charge in [-0.15, -0.1) is 11.8 Å². The first-order chi connectivity index (χ1) is 9.69. The number of piperidine rings is 1. The average molecular weight is 315 g/mol. The average Bonchev–Trinajstić information content (AvgIpc) is 2.46. The Hall–Kier alpha value is -0.910. The second-order valence-electron chi connectivity index (χ2n) is 4.66. The number of carbonyl (C=O) groups excluding carboxylic acids is 1. The zero-order chi connectivity index (χ0) is 14.4. The van der Waals surface area contributed by atoms with Crippen LogP contribution in [-0.2, 0) is 4.79 Å². The van der Waals surface area contributed by atoms with Gasteiger partial charge in [-0.2, -0.15) is 0 Å². The summed E-state index contributed by atoms with van der Waals surface area (Å²) in [5.41, 5.74) is 0.701. The van der Waals surface area contributed by atoms with Gasteiger partial charge in [0.2, 0.25) is 5.91 Å². The van der Waals surface area contributed by atoms with E-state index in [1.807, 2.05) is 0 Å². The zero-order valence-corrected chi connectivity index (χ0v) is 13.0. The molecule has 1 amide bonds. The molecule has 1 heterocycles. The highest BCUT2D eigenvalue weighted by molar-refractivity contribution is 8.00. The molecule has 0 atom stereocenters. The molecule has 4 nitrogen and oxygen atoms in total. The van der Waals surface area contributed by atoms with Gasteiger partial charge in [-0.05, 0) is 44.1 Å². The summed E-state index contributed by atoms with van der Waals surface area (Å²) in [5.74, 6) is 1.09. The van der Waals surface area contributed by atoms with E-state index in [4.69, 9.17) is 16.3 Å². The normalized spacial score (nSPS) is 15.9. The van der Waals surface area contributed by atoms with E-state index in [1.54, 1.807) is 37.1 Å². The van der Waals surface area contributed by atoms with E-state index in [1.165, 1.54) is 0 Å². The number of halogens is 1. The molecule has 1 saturated heterocycles. The Bertz CT molecular complexity index is 464. The molecule has 0 spiro atoms. The van der Waals surface area contributed by atoms with Gasteiger partial charge in [0.1, 0.15) is 5.75 Å². The van der Waals surface area contributed by atoms with Gasteiger partial charge in [0.15, 0.2) is 0 Å². The molecule has 0 aliphatic carbocycles. The van der Waals surface area contributed by atoms with E-state index in [-0.39, 0.29) is 5.91 Å². The molecule has 0 bridgehead atoms. The first-order valence-corrected chi connectivity index (χ1v) is 8.07. The fourth-order valence-corrected chi connectivity index (χ4v) is 3.38. The van der Waals surface area contributed by atoms with Crippen molar-refractivity contribution in [2.75, 3.05) is 31.3 Å². The van der Waals surface area contributed by atoms with Crippen LogP contribution in [0.2, 0.25) is 5.02 Å². The SMILES string of the molecule is COc1ccc(NC(=O)CSC2CCNCC2)cc1Cl. The number of thioether (sulfide) groups is 1. The van der Waals surface area contributed by atoms with Gasteiger partial charge >= 0.3 is 0 Å². The Kier molecular flexibility index (Phi) is 6.01. The van der Waals surface area contributed by atoms with Crippen LogP contribution in [0, 0.1) is 0 Å². The summed E-state index contributed by atoms with van der Waals surface area (Å²) in [6.07, 6.45) is 2.26. The number of amides is 1. The molecule has 2 N–H and O–H groups in total. The van der Waals surface area contributed by atoms with Crippen LogP contribution in [-0.4, -0.2) is 37.1 Å². The third kappa shape index (κ3) is 4.58. The van der Waals surface area contributed by atoms with Crippen molar-refractivity contribution in [3.05, 3.63) is 23.2 Å². The molecule has 1 aliphatic rings. The Balaban J connectivity index is 1.80. The van der Waals surface area contributed by atoms with E-state index in [2.05, 4.69) is 10.6 Å². The van der Waals surface area contributed by atoms with E-state index in [9.17, 15) is 4.79 Å². The maximum absolute atomic E-state index is 11.9. The summed E-state index contributed by atoms with van der Waals surface area (Å²) in [6.45, 7) is 2.10. The van der Waals surface area contributed by atoms with Crippen molar-refractivity contribution in [2.45, 2.75) is 18.1 Å². The van der Waals surface area contributed by atoms with Crippen LogP contribution in [0.5, 0.6) is 5.75 Å². The maximum atomic E-state index is 11.9. The number of nitrogens with one attached hydrogen (secondary N) is 2. The van der Waals surface area contributed by atoms with Gasteiger partial charge < -0.3 is 15.4 Å². The first kappa shape index (κ1) is 15.5. The summed E-state index contributed by atoms with van der Waals surface area (Å²) in [5, 5.41) is 7.26. The Labute approximate surface area is 128 Å². The molecule has 1 fully saturated rings. The fraction of sp³-hybridized carbons (Fsp3) is 0.500. The highest BCUT2D eigenvalue weighted by Crippen LogP contribution is 2.27. The highest BCUT2D eigenvalue weighted by Gasteiger charge is 2.15. The highest BCUT2D eigenvalue weighted by atomic mass is 35.5. The number of methoxy groups -OCH3 is 1. The van der Waals surface area contributed by atoms with Crippen molar-refractivity contribution in [3.8, 4) is 5.75 Å². The number of hydrogen-bond donors (Lipinski definition) is 2. The van der Waals surface area contributed by atoms with Crippen LogP contribution in [0.3, 0.4) is 0 Å². The molecule has 0 unspecified atom stereocenters. The Morgan fingerprint density at radius 3 is 2.90 bits per heavy atom. The predicted octanol–water partition coefficient (Wildman–Crippen LogP) is 2.77. The standard InChI is InChI=1S/C14H19ClN2O2S/c1-19-13-3-2-10(8-12(13)15)17-14(18)9-20-11-4-6-16-7-5-11/h2-3,8,11,16H,4-7,9H2,1H3,(H,17,18). The van der Waals surface area contributed by atoms with Crippen molar-refractivity contribution in [1.82, 2.24) is 5.32 Å². The second-order valence-corrected chi connectivity index (χ2v) is 6.35. The van der Waals surface area contributed by atoms with Gasteiger partial charge in [0.25, 0.3) is 0 Å². The first-order valence-electron chi connectivity index (χ1n) is 6.65. The molecule has 6 heteroatoms. The molecular formula is C14H19ClN2O2S. The number of anilines is 1. The van der Waals surface area contributed by atoms with Gasteiger partial charge in [-0.25, -0.2) is 0 Å². The van der Waals surface area contributed by atoms with E-state index in [0.29, 0.717) is 27.5 Å². The third-order valence-electron chi connectivity index (χ3n) is 3.17. The minimum absolute atomic E-state index is 0.00904. The lowest BCUT2D eigenvalue weighted by Crippen LogP contribution is -2.30. The minimum Gasteiger partial charge on any atom is -0.495 e. The van der Waals surface area contributed by atoms with Gasteiger partial charge in [0, 0.05) is 10.9 Å². The van der Waals surface area contributed by atoms with Crippen molar-refractivity contribution in [2.24, 2.45) is 0 Å². The second kappa shape index (κ2) is 7.76. The summed E-state index contributed by atoms with van der Waals surface area (Å²) in [6, 6.07) is 5.24. The summed E-state index contributed by atoms with van der Waals surface area (Å²) < 4.78 is 5.08. The molecule has 1 aliphatic heterocycles. The van der Waals surface area contributed by atoms with Crippen LogP contribution in [0.4, 0.5) is 5.69 Å². The van der Waals surface area contributed by atoms with Crippen LogP contribution >= 0.6 is 23.4 Å². The molecular weight excluding hydrogens is 296 g/mol. The summed E-state index contributed by atoms with van der Waals surface area (Å²) >= 11 is 7.75. The molecule has 0 radical (unpaired) electrons. The largest absolute Gasteiger partial charge is 0.495 e. The van der Waals surface area contributed by atoms with E-state index < -0.39 is 0 Å². The monoisotopic (exact) mass is 314 g/mol. The topological polar surface area (TPSA) is 50.4 Å². The van der Waals surface area contributed by atoms with Crippen LogP contribution in [0.25, 0.3) is 0 Å². The third-order valence-corrected chi connectivity index (χ3v) is 4.84. The molecule has 1 aromatic rings. The molecule has 110 valence electrons. The quantitative estimate of drug-likeness (QED) is 0.877. The van der Waals surface area contributed by atoms with Crippen molar-refractivity contribution >= 4 is 35.0 Å². The van der Waals surface area contributed by atoms with Crippen molar-refractivity contribution < 1.29 is 9.53 Å². The fourth-order valence-electron chi connectivity index (χ4n) is 2.10. The van der Waals surface area contributed by atoms with Crippen LogP contribution in [0.1, 0.15) is 12.8 Å². The molecule has 20 heavy (non-hydrogen) atoms.